The summed E-state index contributed by atoms with van der Waals surface area (Å²) in [6, 6.07) is 10.6. The van der Waals surface area contributed by atoms with Gasteiger partial charge in [-0.15, -0.1) is 11.8 Å². The summed E-state index contributed by atoms with van der Waals surface area (Å²) in [5.74, 6) is -0.876. The number of hydrogen-bond acceptors (Lipinski definition) is 5. The number of hydrogen-bond donors (Lipinski definition) is 2. The average Bonchev–Trinajstić information content (AvgIpc) is 2.96. The van der Waals surface area contributed by atoms with Crippen LogP contribution in [0.25, 0.3) is 0 Å². The highest BCUT2D eigenvalue weighted by Crippen LogP contribution is 2.42. The van der Waals surface area contributed by atoms with Crippen LogP contribution in [0.4, 0.5) is 10.1 Å². The zero-order chi connectivity index (χ0) is 18.8. The molecule has 2 amide bonds. The van der Waals surface area contributed by atoms with Gasteiger partial charge in [-0.05, 0) is 48.4 Å². The maximum Gasteiger partial charge on any atom is 0.264 e. The standard InChI is InChI=1S/C17H15FN2O4S2/c1-10-8-12(16(22)19-26(23)24)4-7-14(10)20-15(21)9-25-17(20)11-2-5-13(18)6-3-11/h2-8,17,26H,9H2,1H3,(H,19,22,23,24). The maximum absolute atomic E-state index is 13.2. The first kappa shape index (κ1) is 18.4. The Labute approximate surface area is 155 Å². The first-order chi connectivity index (χ1) is 12.4. The Morgan fingerprint density at radius 3 is 2.54 bits per heavy atom. The first-order valence-corrected chi connectivity index (χ1v) is 9.84. The van der Waals surface area contributed by atoms with E-state index < -0.39 is 16.8 Å². The Morgan fingerprint density at radius 2 is 1.92 bits per heavy atom. The van der Waals surface area contributed by atoms with Crippen LogP contribution in [0.5, 0.6) is 0 Å². The van der Waals surface area contributed by atoms with Crippen molar-refractivity contribution in [2.75, 3.05) is 10.7 Å². The van der Waals surface area contributed by atoms with Gasteiger partial charge in [0, 0.05) is 11.3 Å². The highest BCUT2D eigenvalue weighted by Gasteiger charge is 2.34. The van der Waals surface area contributed by atoms with E-state index in [4.69, 9.17) is 0 Å². The second-order valence-corrected chi connectivity index (χ2v) is 7.48. The highest BCUT2D eigenvalue weighted by molar-refractivity contribution is 8.00. The van der Waals surface area contributed by atoms with E-state index in [9.17, 15) is 22.4 Å². The minimum absolute atomic E-state index is 0.0905. The largest absolute Gasteiger partial charge is 0.295 e. The second-order valence-electron chi connectivity index (χ2n) is 5.68. The molecule has 0 aliphatic carbocycles. The Kier molecular flexibility index (Phi) is 5.28. The molecule has 3 rings (SSSR count). The van der Waals surface area contributed by atoms with Crippen LogP contribution in [0, 0.1) is 12.7 Å². The third kappa shape index (κ3) is 3.73. The molecular formula is C17H15FN2O4S2. The van der Waals surface area contributed by atoms with Crippen LogP contribution in [0.3, 0.4) is 0 Å². The van der Waals surface area contributed by atoms with E-state index >= 15 is 0 Å². The number of nitrogens with one attached hydrogen (secondary N) is 1. The number of carbonyl (C=O) groups excluding carboxylic acids is 2. The minimum atomic E-state index is -3.03. The topological polar surface area (TPSA) is 83.6 Å². The number of carbonyl (C=O) groups is 2. The zero-order valence-corrected chi connectivity index (χ0v) is 15.4. The van der Waals surface area contributed by atoms with Crippen molar-refractivity contribution in [3.8, 4) is 0 Å². The number of amides is 2. The molecule has 1 saturated heterocycles. The van der Waals surface area contributed by atoms with Gasteiger partial charge in [0.2, 0.25) is 16.8 Å². The molecule has 136 valence electrons. The lowest BCUT2D eigenvalue weighted by molar-refractivity contribution is -0.115. The van der Waals surface area contributed by atoms with Crippen molar-refractivity contribution in [3.63, 3.8) is 0 Å². The van der Waals surface area contributed by atoms with E-state index in [0.29, 0.717) is 17.0 Å². The van der Waals surface area contributed by atoms with Gasteiger partial charge in [-0.3, -0.25) is 19.2 Å². The molecule has 0 saturated carbocycles. The number of thioether (sulfide) groups is 1. The molecule has 26 heavy (non-hydrogen) atoms. The minimum Gasteiger partial charge on any atom is -0.295 e. The summed E-state index contributed by atoms with van der Waals surface area (Å²) in [5.41, 5.74) is 2.26. The molecule has 1 aliphatic rings. The van der Waals surface area contributed by atoms with E-state index in [1.165, 1.54) is 36.0 Å². The molecule has 0 spiro atoms. The summed E-state index contributed by atoms with van der Waals surface area (Å²) >= 11 is 1.43. The van der Waals surface area contributed by atoms with Crippen LogP contribution in [0.15, 0.2) is 42.5 Å². The molecule has 0 radical (unpaired) electrons. The Balaban J connectivity index is 1.94. The number of thiol groups is 1. The molecule has 1 N–H and O–H groups in total. The van der Waals surface area contributed by atoms with Gasteiger partial charge < -0.3 is 0 Å². The molecule has 1 unspecified atom stereocenters. The van der Waals surface area contributed by atoms with Gasteiger partial charge in [0.25, 0.3) is 5.91 Å². The number of anilines is 1. The van der Waals surface area contributed by atoms with Crippen molar-refractivity contribution in [2.45, 2.75) is 12.3 Å². The monoisotopic (exact) mass is 394 g/mol. The van der Waals surface area contributed by atoms with Crippen LogP contribution in [-0.4, -0.2) is 26.0 Å². The normalized spacial score (nSPS) is 17.0. The highest BCUT2D eigenvalue weighted by atomic mass is 32.2. The number of benzene rings is 2. The second kappa shape index (κ2) is 7.46. The molecule has 6 nitrogen and oxygen atoms in total. The van der Waals surface area contributed by atoms with Crippen molar-refractivity contribution in [1.82, 2.24) is 4.72 Å². The summed E-state index contributed by atoms with van der Waals surface area (Å²) in [4.78, 5) is 25.8. The first-order valence-electron chi connectivity index (χ1n) is 7.62. The van der Waals surface area contributed by atoms with Crippen LogP contribution in [0.1, 0.15) is 26.9 Å². The fourth-order valence-electron chi connectivity index (χ4n) is 2.77. The molecule has 2 aromatic rings. The molecule has 1 heterocycles. The van der Waals surface area contributed by atoms with Gasteiger partial charge in [-0.2, -0.15) is 0 Å². The lowest BCUT2D eigenvalue weighted by atomic mass is 10.1. The molecule has 1 aliphatic heterocycles. The quantitative estimate of drug-likeness (QED) is 0.777. The summed E-state index contributed by atoms with van der Waals surface area (Å²) < 4.78 is 36.3. The van der Waals surface area contributed by atoms with Gasteiger partial charge in [0.15, 0.2) is 0 Å². The molecule has 1 fully saturated rings. The Bertz CT molecular complexity index is 936. The molecule has 2 aromatic carbocycles. The molecule has 1 atom stereocenters. The smallest absolute Gasteiger partial charge is 0.264 e. The summed E-state index contributed by atoms with van der Waals surface area (Å²) in [7, 11) is -3.03. The van der Waals surface area contributed by atoms with Crippen LogP contribution in [0.2, 0.25) is 0 Å². The molecule has 0 aromatic heterocycles. The Morgan fingerprint density at radius 1 is 1.23 bits per heavy atom. The molecular weight excluding hydrogens is 379 g/mol. The van der Waals surface area contributed by atoms with Crippen LogP contribution >= 0.6 is 11.8 Å². The summed E-state index contributed by atoms with van der Waals surface area (Å²) in [6.45, 7) is 1.74. The van der Waals surface area contributed by atoms with E-state index in [2.05, 4.69) is 0 Å². The van der Waals surface area contributed by atoms with Gasteiger partial charge >= 0.3 is 0 Å². The van der Waals surface area contributed by atoms with E-state index in [0.717, 1.165) is 5.56 Å². The van der Waals surface area contributed by atoms with Gasteiger partial charge in [0.1, 0.15) is 11.2 Å². The molecule has 9 heteroatoms. The van der Waals surface area contributed by atoms with Crippen molar-refractivity contribution in [3.05, 3.63) is 65.0 Å². The zero-order valence-electron chi connectivity index (χ0n) is 13.6. The van der Waals surface area contributed by atoms with Crippen molar-refractivity contribution in [1.29, 1.82) is 0 Å². The number of rotatable bonds is 4. The predicted molar refractivity (Wildman–Crippen MR) is 98.0 cm³/mol. The van der Waals surface area contributed by atoms with E-state index in [1.54, 1.807) is 30.0 Å². The number of nitrogens with zero attached hydrogens (tertiary/aromatic N) is 1. The van der Waals surface area contributed by atoms with Gasteiger partial charge in [0.05, 0.1) is 5.75 Å². The lowest BCUT2D eigenvalue weighted by Crippen LogP contribution is -2.29. The third-order valence-electron chi connectivity index (χ3n) is 3.93. The number of halogens is 1. The summed E-state index contributed by atoms with van der Waals surface area (Å²) in [5, 5.41) is -0.294. The van der Waals surface area contributed by atoms with E-state index in [-0.39, 0.29) is 22.7 Å². The fourth-order valence-corrected chi connectivity index (χ4v) is 4.24. The molecule has 0 bridgehead atoms. The lowest BCUT2D eigenvalue weighted by Gasteiger charge is -2.26. The fraction of sp³-hybridized carbons (Fsp3) is 0.176. The van der Waals surface area contributed by atoms with Crippen molar-refractivity contribution >= 4 is 40.2 Å². The average molecular weight is 394 g/mol. The SMILES string of the molecule is Cc1cc(C(=O)N[SH](=O)=O)ccc1N1C(=O)CSC1c1ccc(F)cc1. The summed E-state index contributed by atoms with van der Waals surface area (Å²) in [6.07, 6.45) is 0. The number of aryl methyl sites for hydroxylation is 1. The van der Waals surface area contributed by atoms with Crippen LogP contribution in [-0.2, 0) is 15.7 Å². The van der Waals surface area contributed by atoms with Crippen molar-refractivity contribution < 1.29 is 22.4 Å². The predicted octanol–water partition coefficient (Wildman–Crippen LogP) is 2.17. The third-order valence-corrected chi connectivity index (χ3v) is 5.53. The van der Waals surface area contributed by atoms with Crippen LogP contribution < -0.4 is 9.62 Å². The van der Waals surface area contributed by atoms with Crippen molar-refractivity contribution in [2.24, 2.45) is 0 Å². The van der Waals surface area contributed by atoms with Gasteiger partial charge in [-0.25, -0.2) is 12.8 Å². The Hall–Kier alpha value is -2.39. The van der Waals surface area contributed by atoms with E-state index in [1.807, 2.05) is 4.72 Å². The van der Waals surface area contributed by atoms with Gasteiger partial charge in [-0.1, -0.05) is 12.1 Å². The maximum atomic E-state index is 13.2.